The summed E-state index contributed by atoms with van der Waals surface area (Å²) in [5.41, 5.74) is -0.491. The Morgan fingerprint density at radius 2 is 1.89 bits per heavy atom. The van der Waals surface area contributed by atoms with Crippen molar-refractivity contribution in [1.29, 1.82) is 0 Å². The second-order valence-corrected chi connectivity index (χ2v) is 6.10. The zero-order chi connectivity index (χ0) is 19.4. The number of furan rings is 1. The first-order chi connectivity index (χ1) is 13.0. The van der Waals surface area contributed by atoms with Crippen LogP contribution in [0.15, 0.2) is 70.2 Å². The van der Waals surface area contributed by atoms with Gasteiger partial charge in [-0.25, -0.2) is 4.39 Å². The molecular weight excluding hydrogens is 375 g/mol. The molecule has 2 heterocycles. The van der Waals surface area contributed by atoms with Gasteiger partial charge in [-0.15, -0.1) is 0 Å². The van der Waals surface area contributed by atoms with Crippen molar-refractivity contribution >= 4 is 23.3 Å². The normalized spacial score (nSPS) is 11.8. The van der Waals surface area contributed by atoms with Gasteiger partial charge >= 0.3 is 0 Å². The Bertz CT molecular complexity index is 1010. The van der Waals surface area contributed by atoms with E-state index in [0.29, 0.717) is 5.76 Å². The first-order valence-corrected chi connectivity index (χ1v) is 8.31. The second-order valence-electron chi connectivity index (χ2n) is 5.66. The van der Waals surface area contributed by atoms with E-state index >= 15 is 0 Å². The maximum Gasteiger partial charge on any atom is 0.251 e. The number of aromatic nitrogens is 1. The average molecular weight is 389 g/mol. The Morgan fingerprint density at radius 3 is 2.56 bits per heavy atom. The minimum Gasteiger partial charge on any atom is -0.467 e. The third-order valence-electron chi connectivity index (χ3n) is 3.82. The van der Waals surface area contributed by atoms with Gasteiger partial charge in [0.15, 0.2) is 11.8 Å². The first-order valence-electron chi connectivity index (χ1n) is 7.93. The Morgan fingerprint density at radius 1 is 1.15 bits per heavy atom. The molecule has 138 valence electrons. The Kier molecular flexibility index (Phi) is 5.52. The van der Waals surface area contributed by atoms with Crippen molar-refractivity contribution in [3.05, 3.63) is 93.5 Å². The molecule has 0 spiro atoms. The van der Waals surface area contributed by atoms with Crippen molar-refractivity contribution in [2.24, 2.45) is 0 Å². The zero-order valence-corrected chi connectivity index (χ0v) is 14.7. The predicted octanol–water partition coefficient (Wildman–Crippen LogP) is 2.97. The van der Waals surface area contributed by atoms with Crippen molar-refractivity contribution in [3.8, 4) is 0 Å². The van der Waals surface area contributed by atoms with Crippen molar-refractivity contribution in [2.75, 3.05) is 0 Å². The number of hydrogen-bond donors (Lipinski definition) is 1. The standard InChI is InChI=1S/C19H14ClFN2O4/c20-13-5-8-16(24)23(11-13)17(18(25)12-3-6-14(21)7-4-12)19(26)22-10-15-2-1-9-27-15/h1-9,11,17H,10H2,(H,22,26)/t17-/m1/s1. The van der Waals surface area contributed by atoms with Crippen molar-refractivity contribution in [2.45, 2.75) is 12.6 Å². The highest BCUT2D eigenvalue weighted by Crippen LogP contribution is 2.17. The van der Waals surface area contributed by atoms with Gasteiger partial charge in [-0.1, -0.05) is 11.6 Å². The van der Waals surface area contributed by atoms with E-state index in [0.717, 1.165) is 22.8 Å². The van der Waals surface area contributed by atoms with Gasteiger partial charge in [-0.3, -0.25) is 19.0 Å². The molecule has 0 saturated carbocycles. The summed E-state index contributed by atoms with van der Waals surface area (Å²) in [7, 11) is 0. The Hall–Kier alpha value is -3.19. The fourth-order valence-corrected chi connectivity index (χ4v) is 2.67. The molecule has 0 aliphatic heterocycles. The molecule has 0 saturated heterocycles. The van der Waals surface area contributed by atoms with Crippen LogP contribution in [0.1, 0.15) is 22.2 Å². The van der Waals surface area contributed by atoms with E-state index in [-0.39, 0.29) is 17.1 Å². The van der Waals surface area contributed by atoms with E-state index < -0.39 is 29.1 Å². The molecule has 1 amide bonds. The number of nitrogens with zero attached hydrogens (tertiary/aromatic N) is 1. The summed E-state index contributed by atoms with van der Waals surface area (Å²) >= 11 is 5.93. The zero-order valence-electron chi connectivity index (χ0n) is 13.9. The number of hydrogen-bond acceptors (Lipinski definition) is 4. The number of rotatable bonds is 6. The number of Topliss-reactive ketones (excluding diaryl/α,β-unsaturated/α-hetero) is 1. The molecule has 0 aliphatic rings. The van der Waals surface area contributed by atoms with Gasteiger partial charge in [-0.2, -0.15) is 0 Å². The third kappa shape index (κ3) is 4.32. The van der Waals surface area contributed by atoms with Crippen LogP contribution in [0.25, 0.3) is 0 Å². The van der Waals surface area contributed by atoms with E-state index in [1.807, 2.05) is 0 Å². The molecule has 1 aromatic carbocycles. The van der Waals surface area contributed by atoms with Gasteiger partial charge in [0, 0.05) is 17.8 Å². The lowest BCUT2D eigenvalue weighted by atomic mass is 10.0. The van der Waals surface area contributed by atoms with E-state index in [9.17, 15) is 18.8 Å². The highest BCUT2D eigenvalue weighted by molar-refractivity contribution is 6.30. The van der Waals surface area contributed by atoms with Crippen LogP contribution in [0.3, 0.4) is 0 Å². The summed E-state index contributed by atoms with van der Waals surface area (Å²) in [6.07, 6.45) is 2.66. The smallest absolute Gasteiger partial charge is 0.251 e. The minimum absolute atomic E-state index is 0.0361. The monoisotopic (exact) mass is 388 g/mol. The minimum atomic E-state index is -1.50. The number of halogens is 2. The van der Waals surface area contributed by atoms with Crippen LogP contribution in [-0.2, 0) is 11.3 Å². The van der Waals surface area contributed by atoms with E-state index in [1.54, 1.807) is 12.1 Å². The number of ketones is 1. The molecule has 6 nitrogen and oxygen atoms in total. The summed E-state index contributed by atoms with van der Waals surface area (Å²) < 4.78 is 19.2. The summed E-state index contributed by atoms with van der Waals surface area (Å²) in [6, 6.07) is 9.04. The largest absolute Gasteiger partial charge is 0.467 e. The summed E-state index contributed by atoms with van der Waals surface area (Å²) in [5.74, 6) is -1.43. The summed E-state index contributed by atoms with van der Waals surface area (Å²) in [6.45, 7) is 0.0361. The molecule has 0 bridgehead atoms. The molecule has 0 aliphatic carbocycles. The van der Waals surface area contributed by atoms with Crippen LogP contribution in [0, 0.1) is 5.82 Å². The molecule has 8 heteroatoms. The molecular formula is C19H14ClFN2O4. The van der Waals surface area contributed by atoms with Crippen LogP contribution in [0.2, 0.25) is 5.02 Å². The van der Waals surface area contributed by atoms with Crippen LogP contribution >= 0.6 is 11.6 Å². The fraction of sp³-hybridized carbons (Fsp3) is 0.105. The molecule has 0 radical (unpaired) electrons. The lowest BCUT2D eigenvalue weighted by molar-refractivity contribution is -0.123. The number of carbonyl (C=O) groups is 2. The van der Waals surface area contributed by atoms with Crippen LogP contribution in [0.5, 0.6) is 0 Å². The van der Waals surface area contributed by atoms with Crippen LogP contribution in [0.4, 0.5) is 4.39 Å². The number of amides is 1. The van der Waals surface area contributed by atoms with Gasteiger partial charge in [-0.05, 0) is 42.5 Å². The van der Waals surface area contributed by atoms with Gasteiger partial charge < -0.3 is 9.73 Å². The first kappa shape index (κ1) is 18.6. The SMILES string of the molecule is O=C(NCc1ccco1)[C@@H](C(=O)c1ccc(F)cc1)n1cc(Cl)ccc1=O. The topological polar surface area (TPSA) is 81.3 Å². The molecule has 27 heavy (non-hydrogen) atoms. The lowest BCUT2D eigenvalue weighted by Gasteiger charge is -2.18. The fourth-order valence-electron chi connectivity index (χ4n) is 2.51. The molecule has 0 unspecified atom stereocenters. The lowest BCUT2D eigenvalue weighted by Crippen LogP contribution is -2.41. The van der Waals surface area contributed by atoms with Crippen LogP contribution < -0.4 is 10.9 Å². The highest BCUT2D eigenvalue weighted by atomic mass is 35.5. The van der Waals surface area contributed by atoms with E-state index in [1.165, 1.54) is 30.7 Å². The maximum atomic E-state index is 13.2. The molecule has 2 aromatic heterocycles. The average Bonchev–Trinajstić information content (AvgIpc) is 3.17. The van der Waals surface area contributed by atoms with Gasteiger partial charge in [0.1, 0.15) is 11.6 Å². The third-order valence-corrected chi connectivity index (χ3v) is 4.05. The molecule has 1 N–H and O–H groups in total. The summed E-state index contributed by atoms with van der Waals surface area (Å²) in [4.78, 5) is 37.9. The second kappa shape index (κ2) is 8.01. The molecule has 1 atom stereocenters. The van der Waals surface area contributed by atoms with Crippen molar-refractivity contribution < 1.29 is 18.4 Å². The van der Waals surface area contributed by atoms with Crippen molar-refractivity contribution in [1.82, 2.24) is 9.88 Å². The highest BCUT2D eigenvalue weighted by Gasteiger charge is 2.30. The van der Waals surface area contributed by atoms with Crippen LogP contribution in [-0.4, -0.2) is 16.3 Å². The van der Waals surface area contributed by atoms with Crippen molar-refractivity contribution in [3.63, 3.8) is 0 Å². The number of pyridine rings is 1. The number of benzene rings is 1. The van der Waals surface area contributed by atoms with Gasteiger partial charge in [0.05, 0.1) is 17.8 Å². The predicted molar refractivity (Wildman–Crippen MR) is 96.0 cm³/mol. The van der Waals surface area contributed by atoms with Gasteiger partial charge in [0.25, 0.3) is 11.5 Å². The maximum absolute atomic E-state index is 13.2. The number of nitrogens with one attached hydrogen (secondary N) is 1. The van der Waals surface area contributed by atoms with Gasteiger partial charge in [0.2, 0.25) is 0 Å². The molecule has 3 rings (SSSR count). The quantitative estimate of drug-likeness (QED) is 0.520. The molecule has 0 fully saturated rings. The Labute approximate surface area is 158 Å². The Balaban J connectivity index is 1.96. The van der Waals surface area contributed by atoms with E-state index in [4.69, 9.17) is 16.0 Å². The number of carbonyl (C=O) groups excluding carboxylic acids is 2. The molecule has 3 aromatic rings. The summed E-state index contributed by atoms with van der Waals surface area (Å²) in [5, 5.41) is 2.75. The van der Waals surface area contributed by atoms with E-state index in [2.05, 4.69) is 5.32 Å².